The Morgan fingerprint density at radius 3 is 1.50 bits per heavy atom. The van der Waals surface area contributed by atoms with E-state index in [2.05, 4.69) is 90.9 Å². The van der Waals surface area contributed by atoms with Gasteiger partial charge in [0.25, 0.3) is 0 Å². The fourth-order valence-electron chi connectivity index (χ4n) is 10.7. The molecular formula is C53H54BMoO9. The molecule has 0 spiro atoms. The van der Waals surface area contributed by atoms with E-state index in [0.29, 0.717) is 27.7 Å². The van der Waals surface area contributed by atoms with Crippen molar-refractivity contribution >= 4 is 17.3 Å². The summed E-state index contributed by atoms with van der Waals surface area (Å²) < 4.78 is 22.3. The molecule has 3 aliphatic heterocycles. The SMILES string of the molecule is Bc1c(O)cc(O)c2c1OC(c1ccc(O)c(O)c1)C(C)C2c1c(O)cc(O)c2c1OC(c1ccc(C)c(C)c1)C(C)C2c1[c]([Mo])cc(C)c2c1OC(c1ccc(C)c(C)c1)C(C)C2. The van der Waals surface area contributed by atoms with Gasteiger partial charge < -0.3 is 10.2 Å². The van der Waals surface area contributed by atoms with E-state index < -0.39 is 30.0 Å². The van der Waals surface area contributed by atoms with E-state index in [1.807, 2.05) is 26.7 Å². The number of ether oxygens (including phenoxy) is 3. The van der Waals surface area contributed by atoms with Gasteiger partial charge in [-0.25, -0.2) is 0 Å². The summed E-state index contributed by atoms with van der Waals surface area (Å²) in [6, 6.07) is 22.2. The van der Waals surface area contributed by atoms with E-state index >= 15 is 0 Å². The van der Waals surface area contributed by atoms with Crippen LogP contribution in [0, 0.1) is 52.4 Å². The number of aryl methyl sites for hydroxylation is 5. The zero-order valence-corrected chi connectivity index (χ0v) is 39.6. The van der Waals surface area contributed by atoms with Crippen LogP contribution in [0.4, 0.5) is 0 Å². The summed E-state index contributed by atoms with van der Waals surface area (Å²) in [5.74, 6) is -2.11. The number of hydrogen-bond acceptors (Lipinski definition) is 9. The first-order valence-corrected chi connectivity index (χ1v) is 23.0. The topological polar surface area (TPSA) is 149 Å². The number of fused-ring (bicyclic) bond motifs is 3. The standard InChI is InChI=1S/C53H54BO9.Mo/c1-23-9-12-31(17-26(23)4)48-28(6)19-35-25(3)11-15-34(51(35)61-48)42-29(7)49(32-13-10-24(2)27(5)18-32)62-52-44(42)38(57)21-39(58)45(52)43-30(8)50(33-14-16-36(55)37(56)20-33)63-53-46(43)40(59)22-41(60)47(53)54;/h9-14,16-18,20-22,28-30,42-43,48-50,55-60H,19,54H2,1-8H3;. The normalized spacial score (nSPS) is 23.5. The summed E-state index contributed by atoms with van der Waals surface area (Å²) in [4.78, 5) is 0. The molecule has 9 rings (SSSR count). The van der Waals surface area contributed by atoms with Crippen LogP contribution in [0.2, 0.25) is 0 Å². The third kappa shape index (κ3) is 6.95. The molecule has 6 N–H and O–H groups in total. The molecule has 0 amide bonds. The van der Waals surface area contributed by atoms with E-state index in [1.54, 1.807) is 13.9 Å². The predicted molar refractivity (Wildman–Crippen MR) is 245 cm³/mol. The Bertz CT molecular complexity index is 2890. The van der Waals surface area contributed by atoms with Gasteiger partial charge in [-0.2, -0.15) is 0 Å². The maximum atomic E-state index is 12.4. The fourth-order valence-corrected chi connectivity index (χ4v) is 11.6. The van der Waals surface area contributed by atoms with Gasteiger partial charge in [0.15, 0.2) is 5.75 Å². The molecule has 9 nitrogen and oxygen atoms in total. The minimum atomic E-state index is -0.840. The van der Waals surface area contributed by atoms with Gasteiger partial charge in [-0.1, -0.05) is 0 Å². The molecule has 3 heterocycles. The van der Waals surface area contributed by atoms with Gasteiger partial charge in [0.2, 0.25) is 0 Å². The molecule has 11 heteroatoms. The average molecular weight is 942 g/mol. The van der Waals surface area contributed by atoms with E-state index in [1.165, 1.54) is 35.4 Å². The van der Waals surface area contributed by atoms with Crippen molar-refractivity contribution in [1.82, 2.24) is 0 Å². The van der Waals surface area contributed by atoms with Crippen LogP contribution in [0.15, 0.2) is 72.8 Å². The third-order valence-electron chi connectivity index (χ3n) is 14.5. The Kier molecular flexibility index (Phi) is 10.9. The molecule has 0 aromatic heterocycles. The molecule has 0 bridgehead atoms. The van der Waals surface area contributed by atoms with E-state index in [0.717, 1.165) is 55.1 Å². The van der Waals surface area contributed by atoms with Crippen LogP contribution in [0.5, 0.6) is 51.7 Å². The predicted octanol–water partition coefficient (Wildman–Crippen LogP) is 9.01. The molecular weight excluding hydrogens is 887 g/mol. The Balaban J connectivity index is 1.32. The molecule has 6 aromatic carbocycles. The van der Waals surface area contributed by atoms with Gasteiger partial charge in [-0.3, -0.25) is 0 Å². The molecule has 0 saturated carbocycles. The zero-order chi connectivity index (χ0) is 45.8. The molecule has 3 aliphatic rings. The minimum absolute atomic E-state index is 0.137. The van der Waals surface area contributed by atoms with Crippen LogP contribution < -0.4 is 23.6 Å². The molecule has 329 valence electrons. The van der Waals surface area contributed by atoms with Crippen molar-refractivity contribution in [3.8, 4) is 51.7 Å². The van der Waals surface area contributed by atoms with E-state index in [9.17, 15) is 30.6 Å². The number of phenolic OH excluding ortho intramolecular Hbond substituents is 6. The van der Waals surface area contributed by atoms with Crippen molar-refractivity contribution in [2.75, 3.05) is 0 Å². The first kappa shape index (κ1) is 43.5. The zero-order valence-electron chi connectivity index (χ0n) is 37.6. The van der Waals surface area contributed by atoms with Crippen molar-refractivity contribution in [2.45, 2.75) is 92.0 Å². The summed E-state index contributed by atoms with van der Waals surface area (Å²) in [6.07, 6.45) is -0.796. The van der Waals surface area contributed by atoms with Crippen molar-refractivity contribution < 1.29 is 64.7 Å². The molecule has 0 radical (unpaired) electrons. The van der Waals surface area contributed by atoms with Crippen LogP contribution in [-0.4, -0.2) is 38.5 Å². The summed E-state index contributed by atoms with van der Waals surface area (Å²) in [7, 11) is 1.69. The van der Waals surface area contributed by atoms with E-state index in [4.69, 9.17) is 14.2 Å². The number of phenols is 6. The number of rotatable bonds is 5. The molecule has 64 heavy (non-hydrogen) atoms. The van der Waals surface area contributed by atoms with Crippen molar-refractivity contribution in [3.63, 3.8) is 0 Å². The first-order valence-electron chi connectivity index (χ1n) is 22.0. The second-order valence-electron chi connectivity index (χ2n) is 18.7. The molecule has 0 aliphatic carbocycles. The van der Waals surface area contributed by atoms with Gasteiger partial charge in [0.1, 0.15) is 0 Å². The van der Waals surface area contributed by atoms with Gasteiger partial charge in [0.05, 0.1) is 0 Å². The second-order valence-corrected chi connectivity index (χ2v) is 19.8. The molecule has 6 aromatic rings. The average Bonchev–Trinajstić information content (AvgIpc) is 3.24. The quantitative estimate of drug-likeness (QED) is 0.0736. The first-order chi connectivity index (χ1) is 30.4. The third-order valence-corrected chi connectivity index (χ3v) is 15.3. The summed E-state index contributed by atoms with van der Waals surface area (Å²) in [6.45, 7) is 16.8. The Labute approximate surface area is 386 Å². The van der Waals surface area contributed by atoms with Gasteiger partial charge in [0, 0.05) is 0 Å². The van der Waals surface area contributed by atoms with Gasteiger partial charge in [-0.15, -0.1) is 0 Å². The van der Waals surface area contributed by atoms with Crippen LogP contribution in [0.25, 0.3) is 0 Å². The monoisotopic (exact) mass is 943 g/mol. The fraction of sp³-hybridized carbons (Fsp3) is 0.321. The van der Waals surface area contributed by atoms with Crippen LogP contribution >= 0.6 is 0 Å². The summed E-state index contributed by atoms with van der Waals surface area (Å²) >= 11 is 2.00. The Hall–Kier alpha value is -5.73. The number of benzene rings is 6. The maximum absolute atomic E-state index is 12.4. The van der Waals surface area contributed by atoms with Crippen LogP contribution in [0.3, 0.4) is 0 Å². The van der Waals surface area contributed by atoms with Gasteiger partial charge >= 0.3 is 373 Å². The van der Waals surface area contributed by atoms with Crippen molar-refractivity contribution in [1.29, 1.82) is 0 Å². The second kappa shape index (κ2) is 16.1. The summed E-state index contributed by atoms with van der Waals surface area (Å²) in [5, 5.41) is 68.5. The van der Waals surface area contributed by atoms with Crippen molar-refractivity contribution in [3.05, 3.63) is 145 Å². The van der Waals surface area contributed by atoms with Crippen molar-refractivity contribution in [2.24, 2.45) is 17.8 Å². The molecule has 8 unspecified atom stereocenters. The van der Waals surface area contributed by atoms with Crippen LogP contribution in [0.1, 0.15) is 123 Å². The summed E-state index contributed by atoms with van der Waals surface area (Å²) in [5.41, 5.74) is 12.0. The molecule has 8 atom stereocenters. The Morgan fingerprint density at radius 2 is 0.938 bits per heavy atom. The number of aromatic hydroxyl groups is 6. The van der Waals surface area contributed by atoms with E-state index in [-0.39, 0.29) is 63.9 Å². The molecule has 0 fully saturated rings. The van der Waals surface area contributed by atoms with Crippen LogP contribution in [-0.2, 0) is 26.2 Å². The Morgan fingerprint density at radius 1 is 0.469 bits per heavy atom. The van der Waals surface area contributed by atoms with Gasteiger partial charge in [-0.05, 0) is 0 Å². The number of hydrogen-bond donors (Lipinski definition) is 6. The molecule has 0 saturated heterocycles.